The second kappa shape index (κ2) is 7.53. The average molecular weight is 402 g/mol. The Morgan fingerprint density at radius 1 is 1.14 bits per heavy atom. The van der Waals surface area contributed by atoms with Crippen LogP contribution < -0.4 is 0 Å². The second-order valence-corrected chi connectivity index (χ2v) is 6.56. The van der Waals surface area contributed by atoms with E-state index in [1.54, 1.807) is 36.5 Å². The van der Waals surface area contributed by atoms with E-state index < -0.39 is 17.9 Å². The molecule has 2 heterocycles. The lowest BCUT2D eigenvalue weighted by Gasteiger charge is -2.26. The second-order valence-electron chi connectivity index (χ2n) is 6.12. The van der Waals surface area contributed by atoms with Crippen molar-refractivity contribution in [1.29, 1.82) is 0 Å². The van der Waals surface area contributed by atoms with E-state index in [9.17, 15) is 13.9 Å². The molecule has 0 aliphatic carbocycles. The summed E-state index contributed by atoms with van der Waals surface area (Å²) in [4.78, 5) is 5.54. The Balaban J connectivity index is 1.87. The molecule has 0 saturated heterocycles. The number of rotatable bonds is 4. The van der Waals surface area contributed by atoms with Crippen LogP contribution in [-0.2, 0) is 0 Å². The maximum absolute atomic E-state index is 14.4. The molecule has 1 aromatic heterocycles. The minimum atomic E-state index is -1.22. The first-order chi connectivity index (χ1) is 13.5. The molecule has 8 heteroatoms. The molecule has 0 saturated carbocycles. The van der Waals surface area contributed by atoms with Crippen LogP contribution in [0.25, 0.3) is 22.6 Å². The first-order valence-corrected chi connectivity index (χ1v) is 8.75. The summed E-state index contributed by atoms with van der Waals surface area (Å²) in [6.45, 7) is 0.390. The maximum Gasteiger partial charge on any atom is 0.178 e. The van der Waals surface area contributed by atoms with E-state index in [0.29, 0.717) is 22.8 Å². The first-order valence-electron chi connectivity index (χ1n) is 8.37. The van der Waals surface area contributed by atoms with Crippen LogP contribution in [0.4, 0.5) is 8.78 Å². The molecule has 5 nitrogen and oxygen atoms in total. The molecule has 142 valence electrons. The highest BCUT2D eigenvalue weighted by atomic mass is 35.5. The number of benzene rings is 2. The molecule has 1 aliphatic rings. The fraction of sp³-hybridized carbons (Fsp3) is 0.100. The van der Waals surface area contributed by atoms with Crippen molar-refractivity contribution >= 4 is 17.9 Å². The molecule has 0 fully saturated rings. The molecule has 1 N–H and O–H groups in total. The number of aliphatic hydroxyl groups is 1. The van der Waals surface area contributed by atoms with Crippen LogP contribution in [0, 0.1) is 11.6 Å². The molecular weight excluding hydrogens is 388 g/mol. The Bertz CT molecular complexity index is 1060. The van der Waals surface area contributed by atoms with Gasteiger partial charge in [0.05, 0.1) is 17.5 Å². The number of halogens is 3. The van der Waals surface area contributed by atoms with Gasteiger partial charge in [-0.25, -0.2) is 13.8 Å². The lowest BCUT2D eigenvalue weighted by molar-refractivity contribution is 0.0632. The normalized spacial score (nSPS) is 14.5. The predicted octanol–water partition coefficient (Wildman–Crippen LogP) is 4.79. The van der Waals surface area contributed by atoms with Gasteiger partial charge in [-0.05, 0) is 30.3 Å². The first kappa shape index (κ1) is 18.3. The van der Waals surface area contributed by atoms with Gasteiger partial charge in [0.1, 0.15) is 17.3 Å². The average Bonchev–Trinajstić information content (AvgIpc) is 3.13. The van der Waals surface area contributed by atoms with Crippen molar-refractivity contribution in [3.05, 3.63) is 77.0 Å². The van der Waals surface area contributed by atoms with Crippen LogP contribution in [-0.4, -0.2) is 28.0 Å². The molecule has 0 spiro atoms. The van der Waals surface area contributed by atoms with Crippen LogP contribution in [0.1, 0.15) is 11.8 Å². The third-order valence-electron chi connectivity index (χ3n) is 4.32. The fourth-order valence-electron chi connectivity index (χ4n) is 2.95. The summed E-state index contributed by atoms with van der Waals surface area (Å²) < 4.78 is 33.2. The molecule has 3 aromatic rings. The third-order valence-corrected chi connectivity index (χ3v) is 4.57. The summed E-state index contributed by atoms with van der Waals surface area (Å²) in [5, 5.41) is 15.6. The van der Waals surface area contributed by atoms with Crippen molar-refractivity contribution in [3.63, 3.8) is 0 Å². The molecule has 1 aliphatic heterocycles. The van der Waals surface area contributed by atoms with Gasteiger partial charge in [-0.3, -0.25) is 0 Å². The van der Waals surface area contributed by atoms with Gasteiger partial charge in [-0.1, -0.05) is 28.9 Å². The fourth-order valence-corrected chi connectivity index (χ4v) is 3.08. The SMILES string of the molecule is OC(c1c(-c2ccc(Cl)cc2)noc1-c1ccc(F)cc1F)N1C=NC=CC1. The molecule has 0 radical (unpaired) electrons. The van der Waals surface area contributed by atoms with Crippen LogP contribution in [0.5, 0.6) is 0 Å². The van der Waals surface area contributed by atoms with E-state index in [2.05, 4.69) is 10.1 Å². The Kier molecular flexibility index (Phi) is 4.93. The van der Waals surface area contributed by atoms with Gasteiger partial charge in [-0.2, -0.15) is 0 Å². The van der Waals surface area contributed by atoms with Crippen LogP contribution in [0.15, 0.2) is 64.3 Å². The van der Waals surface area contributed by atoms with Gasteiger partial charge in [0, 0.05) is 29.4 Å². The minimum absolute atomic E-state index is 0.00680. The van der Waals surface area contributed by atoms with Gasteiger partial charge in [0.25, 0.3) is 0 Å². The lowest BCUT2D eigenvalue weighted by Crippen LogP contribution is -2.29. The maximum atomic E-state index is 14.4. The van der Waals surface area contributed by atoms with Crippen LogP contribution >= 0.6 is 11.6 Å². The summed E-state index contributed by atoms with van der Waals surface area (Å²) in [5.41, 5.74) is 1.19. The van der Waals surface area contributed by atoms with E-state index >= 15 is 0 Å². The van der Waals surface area contributed by atoms with Gasteiger partial charge in [0.15, 0.2) is 12.0 Å². The smallest absolute Gasteiger partial charge is 0.178 e. The van der Waals surface area contributed by atoms with Crippen molar-refractivity contribution in [2.45, 2.75) is 6.23 Å². The summed E-state index contributed by atoms with van der Waals surface area (Å²) in [6, 6.07) is 9.88. The molecule has 1 unspecified atom stereocenters. The van der Waals surface area contributed by atoms with Crippen molar-refractivity contribution in [2.24, 2.45) is 4.99 Å². The summed E-state index contributed by atoms with van der Waals surface area (Å²) in [7, 11) is 0. The zero-order valence-corrected chi connectivity index (χ0v) is 15.1. The Hall–Kier alpha value is -3.03. The monoisotopic (exact) mass is 401 g/mol. The van der Waals surface area contributed by atoms with Crippen LogP contribution in [0.2, 0.25) is 5.02 Å². The van der Waals surface area contributed by atoms with Gasteiger partial charge in [-0.15, -0.1) is 0 Å². The van der Waals surface area contributed by atoms with Crippen molar-refractivity contribution in [1.82, 2.24) is 10.1 Å². The quantitative estimate of drug-likeness (QED) is 0.682. The molecule has 4 rings (SSSR count). The number of aromatic nitrogens is 1. The Morgan fingerprint density at radius 2 is 1.93 bits per heavy atom. The standard InChI is InChI=1S/C20H14ClF2N3O2/c21-13-4-2-12(3-5-13)18-17(20(27)26-9-1-8-24-11-26)19(28-25-18)15-7-6-14(22)10-16(15)23/h1-8,10-11,20,27H,9H2. The Morgan fingerprint density at radius 3 is 2.61 bits per heavy atom. The molecule has 1 atom stereocenters. The van der Waals surface area contributed by atoms with Gasteiger partial charge >= 0.3 is 0 Å². The zero-order valence-electron chi connectivity index (χ0n) is 14.4. The summed E-state index contributed by atoms with van der Waals surface area (Å²) in [5.74, 6) is -1.52. The molecule has 0 amide bonds. The number of aliphatic imine (C=N–C) groups is 1. The van der Waals surface area contributed by atoms with E-state index in [4.69, 9.17) is 16.1 Å². The summed E-state index contributed by atoms with van der Waals surface area (Å²) in [6.07, 6.45) is 3.62. The number of hydrogen-bond donors (Lipinski definition) is 1. The van der Waals surface area contributed by atoms with Crippen molar-refractivity contribution in [3.8, 4) is 22.6 Å². The van der Waals surface area contributed by atoms with Crippen molar-refractivity contribution in [2.75, 3.05) is 6.54 Å². The zero-order chi connectivity index (χ0) is 19.7. The van der Waals surface area contributed by atoms with Crippen molar-refractivity contribution < 1.29 is 18.4 Å². The van der Waals surface area contributed by atoms with E-state index in [1.165, 1.54) is 17.3 Å². The lowest BCUT2D eigenvalue weighted by atomic mass is 10.00. The van der Waals surface area contributed by atoms with E-state index in [-0.39, 0.29) is 16.9 Å². The molecular formula is C20H14ClF2N3O2. The number of hydrogen-bond acceptors (Lipinski definition) is 5. The van der Waals surface area contributed by atoms with Gasteiger partial charge < -0.3 is 14.5 Å². The highest BCUT2D eigenvalue weighted by Crippen LogP contribution is 2.39. The number of nitrogens with zero attached hydrogens (tertiary/aromatic N) is 3. The highest BCUT2D eigenvalue weighted by molar-refractivity contribution is 6.30. The van der Waals surface area contributed by atoms with E-state index in [1.807, 2.05) is 0 Å². The molecule has 0 bridgehead atoms. The Labute approximate surface area is 164 Å². The molecule has 2 aromatic carbocycles. The topological polar surface area (TPSA) is 61.9 Å². The minimum Gasteiger partial charge on any atom is -0.369 e. The van der Waals surface area contributed by atoms with Crippen LogP contribution in [0.3, 0.4) is 0 Å². The van der Waals surface area contributed by atoms with Gasteiger partial charge in [0.2, 0.25) is 0 Å². The largest absolute Gasteiger partial charge is 0.369 e. The highest BCUT2D eigenvalue weighted by Gasteiger charge is 2.30. The number of aliphatic hydroxyl groups excluding tert-OH is 1. The van der Waals surface area contributed by atoms with E-state index in [0.717, 1.165) is 12.1 Å². The third kappa shape index (κ3) is 3.42. The molecule has 28 heavy (non-hydrogen) atoms. The summed E-state index contributed by atoms with van der Waals surface area (Å²) >= 11 is 5.95. The predicted molar refractivity (Wildman–Crippen MR) is 102 cm³/mol.